The number of carbonyl (C=O) groups is 1. The lowest BCUT2D eigenvalue weighted by molar-refractivity contribution is -0.139. The second kappa shape index (κ2) is 8.07. The Kier molecular flexibility index (Phi) is 6.23. The first-order valence-corrected chi connectivity index (χ1v) is 11.4. The summed E-state index contributed by atoms with van der Waals surface area (Å²) in [5.74, 6) is -0.217. The monoisotopic (exact) mass is 452 g/mol. The van der Waals surface area contributed by atoms with Crippen LogP contribution in [0.4, 0.5) is 13.2 Å². The number of alkyl halides is 3. The molecule has 1 saturated carbocycles. The molecule has 0 atom stereocenters. The molecule has 0 bridgehead atoms. The van der Waals surface area contributed by atoms with Gasteiger partial charge in [0.2, 0.25) is 15.9 Å². The molecule has 1 amide bonds. The van der Waals surface area contributed by atoms with E-state index in [1.807, 2.05) is 18.7 Å². The number of benzene rings is 1. The molecule has 5 nitrogen and oxygen atoms in total. The molecule has 1 aromatic carbocycles. The second-order valence-electron chi connectivity index (χ2n) is 7.89. The molecule has 0 N–H and O–H groups in total. The van der Waals surface area contributed by atoms with Crippen molar-refractivity contribution in [2.75, 3.05) is 13.1 Å². The molecule has 1 aliphatic heterocycles. The number of nitrogens with zero attached hydrogens (tertiary/aromatic N) is 2. The number of hydrogen-bond donors (Lipinski definition) is 0. The third-order valence-corrected chi connectivity index (χ3v) is 7.66. The van der Waals surface area contributed by atoms with Crippen LogP contribution >= 0.6 is 11.6 Å². The highest BCUT2D eigenvalue weighted by molar-refractivity contribution is 7.89. The first-order chi connectivity index (χ1) is 13.4. The maximum Gasteiger partial charge on any atom is 0.417 e. The molecule has 2 fully saturated rings. The minimum absolute atomic E-state index is 0.0467. The maximum atomic E-state index is 13.1. The van der Waals surface area contributed by atoms with Crippen molar-refractivity contribution < 1.29 is 26.4 Å². The zero-order valence-corrected chi connectivity index (χ0v) is 17.8. The predicted octanol–water partition coefficient (Wildman–Crippen LogP) is 4.16. The van der Waals surface area contributed by atoms with Crippen LogP contribution in [0.1, 0.15) is 45.1 Å². The fraction of sp³-hybridized carbons (Fsp3) is 0.632. The second-order valence-corrected chi connectivity index (χ2v) is 10.2. The summed E-state index contributed by atoms with van der Waals surface area (Å²) in [4.78, 5) is 14.3. The summed E-state index contributed by atoms with van der Waals surface area (Å²) in [6.45, 7) is 4.13. The van der Waals surface area contributed by atoms with Gasteiger partial charge in [0.25, 0.3) is 0 Å². The van der Waals surface area contributed by atoms with E-state index < -0.39 is 31.7 Å². The van der Waals surface area contributed by atoms with E-state index in [0.717, 1.165) is 29.3 Å². The first kappa shape index (κ1) is 22.4. The number of carbonyl (C=O) groups excluding carboxylic acids is 1. The summed E-state index contributed by atoms with van der Waals surface area (Å²) in [6, 6.07) is 2.97. The van der Waals surface area contributed by atoms with Crippen LogP contribution in [0.5, 0.6) is 0 Å². The van der Waals surface area contributed by atoms with E-state index in [4.69, 9.17) is 11.6 Å². The van der Waals surface area contributed by atoms with Crippen molar-refractivity contribution in [2.45, 2.75) is 62.7 Å². The third kappa shape index (κ3) is 4.72. The number of halogens is 4. The summed E-state index contributed by atoms with van der Waals surface area (Å²) >= 11 is 5.59. The molecule has 1 aromatic rings. The van der Waals surface area contributed by atoms with Gasteiger partial charge in [-0.2, -0.15) is 17.5 Å². The summed E-state index contributed by atoms with van der Waals surface area (Å²) in [5, 5.41) is -0.547. The van der Waals surface area contributed by atoms with Crippen molar-refractivity contribution in [3.8, 4) is 0 Å². The zero-order valence-electron chi connectivity index (χ0n) is 16.2. The summed E-state index contributed by atoms with van der Waals surface area (Å²) in [7, 11) is -4.10. The van der Waals surface area contributed by atoms with Crippen molar-refractivity contribution >= 4 is 27.5 Å². The van der Waals surface area contributed by atoms with E-state index in [1.165, 1.54) is 0 Å². The lowest BCUT2D eigenvalue weighted by Crippen LogP contribution is -2.47. The van der Waals surface area contributed by atoms with Gasteiger partial charge in [0, 0.05) is 31.1 Å². The van der Waals surface area contributed by atoms with Crippen molar-refractivity contribution in [2.24, 2.45) is 5.92 Å². The van der Waals surface area contributed by atoms with Crippen LogP contribution < -0.4 is 0 Å². The molecule has 2 aliphatic rings. The lowest BCUT2D eigenvalue weighted by atomic mass is 9.96. The zero-order chi connectivity index (χ0) is 21.6. The van der Waals surface area contributed by atoms with Crippen LogP contribution in [-0.4, -0.2) is 48.7 Å². The van der Waals surface area contributed by atoms with Gasteiger partial charge in [0.15, 0.2) is 0 Å². The van der Waals surface area contributed by atoms with Gasteiger partial charge in [0.1, 0.15) is 0 Å². The molecule has 1 aliphatic carbocycles. The van der Waals surface area contributed by atoms with Gasteiger partial charge in [-0.3, -0.25) is 4.79 Å². The summed E-state index contributed by atoms with van der Waals surface area (Å²) in [6.07, 6.45) is -2.04. The Bertz CT molecular complexity index is 875. The minimum atomic E-state index is -4.74. The first-order valence-electron chi connectivity index (χ1n) is 9.62. The van der Waals surface area contributed by atoms with Crippen molar-refractivity contribution in [3.05, 3.63) is 28.8 Å². The van der Waals surface area contributed by atoms with Crippen molar-refractivity contribution in [1.29, 1.82) is 0 Å². The van der Waals surface area contributed by atoms with Crippen LogP contribution in [0.3, 0.4) is 0 Å². The molecule has 0 spiro atoms. The average molecular weight is 453 g/mol. The van der Waals surface area contributed by atoms with E-state index in [1.54, 1.807) is 0 Å². The molecule has 10 heteroatoms. The fourth-order valence-electron chi connectivity index (χ4n) is 3.79. The van der Waals surface area contributed by atoms with Crippen LogP contribution in [-0.2, 0) is 21.0 Å². The molecular weight excluding hydrogens is 429 g/mol. The number of hydrogen-bond acceptors (Lipinski definition) is 3. The highest BCUT2D eigenvalue weighted by atomic mass is 35.5. The SMILES string of the molecule is CC(C)N(C(=O)C1CCN(S(=O)(=O)c2ccc(Cl)c(C(F)(F)F)c2)CC1)C1CC1. The molecule has 0 aromatic heterocycles. The highest BCUT2D eigenvalue weighted by Gasteiger charge is 2.40. The maximum absolute atomic E-state index is 13.1. The van der Waals surface area contributed by atoms with E-state index in [0.29, 0.717) is 18.9 Å². The number of sulfonamides is 1. The molecule has 0 radical (unpaired) electrons. The Labute approximate surface area is 173 Å². The Hall–Kier alpha value is -1.32. The van der Waals surface area contributed by atoms with Gasteiger partial charge in [-0.25, -0.2) is 8.42 Å². The van der Waals surface area contributed by atoms with Gasteiger partial charge in [-0.05, 0) is 57.7 Å². The van der Waals surface area contributed by atoms with Gasteiger partial charge in [-0.15, -0.1) is 0 Å². The van der Waals surface area contributed by atoms with Crippen LogP contribution in [0.15, 0.2) is 23.1 Å². The Morgan fingerprint density at radius 1 is 1.17 bits per heavy atom. The molecule has 1 heterocycles. The number of piperidine rings is 1. The van der Waals surface area contributed by atoms with Gasteiger partial charge in [-0.1, -0.05) is 11.6 Å². The molecular formula is C19H24ClF3N2O3S. The fourth-order valence-corrected chi connectivity index (χ4v) is 5.52. The quantitative estimate of drug-likeness (QED) is 0.674. The van der Waals surface area contributed by atoms with E-state index in [9.17, 15) is 26.4 Å². The lowest BCUT2D eigenvalue weighted by Gasteiger charge is -2.35. The van der Waals surface area contributed by atoms with Crippen LogP contribution in [0.25, 0.3) is 0 Å². The standard InChI is InChI=1S/C19H24ClF3N2O3S/c1-12(2)25(14-3-4-14)18(26)13-7-9-24(10-8-13)29(27,28)15-5-6-17(20)16(11-15)19(21,22)23/h5-6,11-14H,3-4,7-10H2,1-2H3. The minimum Gasteiger partial charge on any atom is -0.337 e. The Morgan fingerprint density at radius 3 is 2.24 bits per heavy atom. The highest BCUT2D eigenvalue weighted by Crippen LogP contribution is 2.37. The van der Waals surface area contributed by atoms with E-state index in [2.05, 4.69) is 0 Å². The normalized spacial score (nSPS) is 19.6. The van der Waals surface area contributed by atoms with Crippen molar-refractivity contribution in [3.63, 3.8) is 0 Å². The van der Waals surface area contributed by atoms with Crippen LogP contribution in [0.2, 0.25) is 5.02 Å². The third-order valence-electron chi connectivity index (χ3n) is 5.44. The molecule has 3 rings (SSSR count). The molecule has 0 unspecified atom stereocenters. The van der Waals surface area contributed by atoms with E-state index >= 15 is 0 Å². The topological polar surface area (TPSA) is 57.7 Å². The largest absolute Gasteiger partial charge is 0.417 e. The molecule has 1 saturated heterocycles. The van der Waals surface area contributed by atoms with E-state index in [-0.39, 0.29) is 37.0 Å². The number of rotatable bonds is 5. The molecule has 162 valence electrons. The predicted molar refractivity (Wildman–Crippen MR) is 103 cm³/mol. The van der Waals surface area contributed by atoms with Gasteiger partial charge >= 0.3 is 6.18 Å². The molecule has 29 heavy (non-hydrogen) atoms. The Morgan fingerprint density at radius 2 is 1.76 bits per heavy atom. The number of amides is 1. The smallest absolute Gasteiger partial charge is 0.337 e. The van der Waals surface area contributed by atoms with Crippen molar-refractivity contribution in [1.82, 2.24) is 9.21 Å². The van der Waals surface area contributed by atoms with Crippen LogP contribution in [0, 0.1) is 5.92 Å². The average Bonchev–Trinajstić information content (AvgIpc) is 3.45. The Balaban J connectivity index is 1.72. The van der Waals surface area contributed by atoms with Gasteiger partial charge < -0.3 is 4.90 Å². The van der Waals surface area contributed by atoms with Gasteiger partial charge in [0.05, 0.1) is 15.5 Å². The summed E-state index contributed by atoms with van der Waals surface area (Å²) in [5.41, 5.74) is -1.18. The summed E-state index contributed by atoms with van der Waals surface area (Å²) < 4.78 is 66.0.